The molecule has 0 spiro atoms. The van der Waals surface area contributed by atoms with Gasteiger partial charge in [0.15, 0.2) is 0 Å². The number of nitrogens with one attached hydrogen (secondary N) is 1. The first-order valence-corrected chi connectivity index (χ1v) is 6.61. The van der Waals surface area contributed by atoms with E-state index in [9.17, 15) is 4.79 Å². The van der Waals surface area contributed by atoms with Crippen LogP contribution in [0.3, 0.4) is 0 Å². The molecule has 0 aliphatic carbocycles. The van der Waals surface area contributed by atoms with Crippen LogP contribution in [0.5, 0.6) is 0 Å². The molecule has 1 aromatic carbocycles. The van der Waals surface area contributed by atoms with Gasteiger partial charge in [-0.25, -0.2) is 0 Å². The van der Waals surface area contributed by atoms with E-state index in [2.05, 4.69) is 10.3 Å². The summed E-state index contributed by atoms with van der Waals surface area (Å²) in [5.74, 6) is -0.191. The quantitative estimate of drug-likeness (QED) is 0.751. The van der Waals surface area contributed by atoms with Crippen molar-refractivity contribution in [2.24, 2.45) is 0 Å². The average Bonchev–Trinajstić information content (AvgIpc) is 2.85. The lowest BCUT2D eigenvalue weighted by Crippen LogP contribution is -2.12. The Bertz CT molecular complexity index is 746. The minimum absolute atomic E-state index is 0.191. The standard InChI is InChI=1S/C14H11N3OS/c15-11-5-7-19-13(11)14(18)17-12-3-1-2-9-4-6-16-8-10(9)12/h1-8H,15H2,(H,17,18). The number of nitrogen functional groups attached to an aromatic ring is 1. The van der Waals surface area contributed by atoms with Crippen molar-refractivity contribution in [3.05, 3.63) is 53.0 Å². The first kappa shape index (κ1) is 11.7. The van der Waals surface area contributed by atoms with Crippen molar-refractivity contribution in [3.63, 3.8) is 0 Å². The molecule has 0 atom stereocenters. The van der Waals surface area contributed by atoms with Crippen LogP contribution in [0.1, 0.15) is 9.67 Å². The average molecular weight is 269 g/mol. The van der Waals surface area contributed by atoms with Gasteiger partial charge in [-0.05, 0) is 29.0 Å². The van der Waals surface area contributed by atoms with Gasteiger partial charge in [0.2, 0.25) is 0 Å². The molecule has 0 bridgehead atoms. The van der Waals surface area contributed by atoms with Gasteiger partial charge in [-0.1, -0.05) is 12.1 Å². The summed E-state index contributed by atoms with van der Waals surface area (Å²) in [5.41, 5.74) is 6.99. The molecular formula is C14H11N3OS. The molecule has 5 heteroatoms. The van der Waals surface area contributed by atoms with Crippen LogP contribution >= 0.6 is 11.3 Å². The summed E-state index contributed by atoms with van der Waals surface area (Å²) in [6, 6.07) is 9.36. The summed E-state index contributed by atoms with van der Waals surface area (Å²) in [5, 5.41) is 6.62. The van der Waals surface area contributed by atoms with Crippen LogP contribution in [-0.4, -0.2) is 10.9 Å². The first-order chi connectivity index (χ1) is 9.25. The molecule has 0 aliphatic rings. The second-order valence-corrected chi connectivity index (χ2v) is 4.98. The molecule has 2 heterocycles. The summed E-state index contributed by atoms with van der Waals surface area (Å²) in [6.07, 6.45) is 3.47. The molecule has 0 unspecified atom stereocenters. The van der Waals surface area contributed by atoms with Gasteiger partial charge in [0.25, 0.3) is 5.91 Å². The molecule has 3 rings (SSSR count). The van der Waals surface area contributed by atoms with Crippen molar-refractivity contribution < 1.29 is 4.79 Å². The third kappa shape index (κ3) is 2.15. The van der Waals surface area contributed by atoms with E-state index in [0.29, 0.717) is 10.6 Å². The topological polar surface area (TPSA) is 68.0 Å². The molecule has 0 fully saturated rings. The Morgan fingerprint density at radius 1 is 1.26 bits per heavy atom. The predicted molar refractivity (Wildman–Crippen MR) is 78.4 cm³/mol. The fraction of sp³-hybridized carbons (Fsp3) is 0. The molecular weight excluding hydrogens is 258 g/mol. The van der Waals surface area contributed by atoms with E-state index in [-0.39, 0.29) is 5.91 Å². The maximum absolute atomic E-state index is 12.1. The van der Waals surface area contributed by atoms with E-state index in [1.165, 1.54) is 11.3 Å². The molecule has 3 N–H and O–H groups in total. The van der Waals surface area contributed by atoms with Gasteiger partial charge in [-0.3, -0.25) is 9.78 Å². The maximum atomic E-state index is 12.1. The zero-order valence-corrected chi connectivity index (χ0v) is 10.8. The first-order valence-electron chi connectivity index (χ1n) is 5.73. The zero-order valence-electron chi connectivity index (χ0n) is 9.96. The van der Waals surface area contributed by atoms with E-state index in [1.807, 2.05) is 24.3 Å². The highest BCUT2D eigenvalue weighted by atomic mass is 32.1. The lowest BCUT2D eigenvalue weighted by atomic mass is 10.1. The number of nitrogens with zero attached hydrogens (tertiary/aromatic N) is 1. The van der Waals surface area contributed by atoms with Crippen molar-refractivity contribution in [2.75, 3.05) is 11.1 Å². The van der Waals surface area contributed by atoms with Gasteiger partial charge < -0.3 is 11.1 Å². The number of fused-ring (bicyclic) bond motifs is 1. The Labute approximate surface area is 113 Å². The van der Waals surface area contributed by atoms with Gasteiger partial charge >= 0.3 is 0 Å². The number of benzene rings is 1. The Balaban J connectivity index is 1.98. The Morgan fingerprint density at radius 3 is 2.95 bits per heavy atom. The molecule has 2 aromatic heterocycles. The SMILES string of the molecule is Nc1ccsc1C(=O)Nc1cccc2ccncc12. The summed E-state index contributed by atoms with van der Waals surface area (Å²) < 4.78 is 0. The number of hydrogen-bond donors (Lipinski definition) is 2. The van der Waals surface area contributed by atoms with Gasteiger partial charge in [-0.2, -0.15) is 0 Å². The van der Waals surface area contributed by atoms with E-state index in [4.69, 9.17) is 5.73 Å². The normalized spacial score (nSPS) is 10.5. The third-order valence-corrected chi connectivity index (χ3v) is 3.76. The number of amides is 1. The van der Waals surface area contributed by atoms with Gasteiger partial charge in [0.1, 0.15) is 4.88 Å². The van der Waals surface area contributed by atoms with Crippen LogP contribution in [-0.2, 0) is 0 Å². The number of rotatable bonds is 2. The van der Waals surface area contributed by atoms with E-state index in [0.717, 1.165) is 16.5 Å². The zero-order chi connectivity index (χ0) is 13.2. The lowest BCUT2D eigenvalue weighted by molar-refractivity contribution is 0.103. The van der Waals surface area contributed by atoms with Crippen molar-refractivity contribution in [3.8, 4) is 0 Å². The second kappa shape index (κ2) is 4.70. The highest BCUT2D eigenvalue weighted by Crippen LogP contribution is 2.25. The van der Waals surface area contributed by atoms with Crippen LogP contribution < -0.4 is 11.1 Å². The molecule has 1 amide bonds. The second-order valence-electron chi connectivity index (χ2n) is 4.06. The van der Waals surface area contributed by atoms with Crippen LogP contribution in [0.25, 0.3) is 10.8 Å². The fourth-order valence-electron chi connectivity index (χ4n) is 1.91. The number of thiophene rings is 1. The number of aromatic nitrogens is 1. The number of carbonyl (C=O) groups is 1. The van der Waals surface area contributed by atoms with Gasteiger partial charge in [0.05, 0.1) is 11.4 Å². The minimum Gasteiger partial charge on any atom is -0.397 e. The van der Waals surface area contributed by atoms with Crippen LogP contribution in [0.2, 0.25) is 0 Å². The smallest absolute Gasteiger partial charge is 0.267 e. The molecule has 0 aliphatic heterocycles. The summed E-state index contributed by atoms with van der Waals surface area (Å²) >= 11 is 1.33. The Morgan fingerprint density at radius 2 is 2.16 bits per heavy atom. The number of anilines is 2. The van der Waals surface area contributed by atoms with E-state index >= 15 is 0 Å². The molecule has 0 radical (unpaired) electrons. The molecule has 3 aromatic rings. The molecule has 4 nitrogen and oxygen atoms in total. The number of carbonyl (C=O) groups excluding carboxylic acids is 1. The molecule has 19 heavy (non-hydrogen) atoms. The maximum Gasteiger partial charge on any atom is 0.267 e. The lowest BCUT2D eigenvalue weighted by Gasteiger charge is -2.07. The number of pyridine rings is 1. The van der Waals surface area contributed by atoms with Crippen LogP contribution in [0, 0.1) is 0 Å². The van der Waals surface area contributed by atoms with Crippen LogP contribution in [0.15, 0.2) is 48.1 Å². The van der Waals surface area contributed by atoms with Gasteiger partial charge in [-0.15, -0.1) is 11.3 Å². The Hall–Kier alpha value is -2.40. The monoisotopic (exact) mass is 269 g/mol. The molecule has 0 saturated heterocycles. The highest BCUT2D eigenvalue weighted by molar-refractivity contribution is 7.12. The largest absolute Gasteiger partial charge is 0.397 e. The summed E-state index contributed by atoms with van der Waals surface area (Å²) in [4.78, 5) is 16.8. The van der Waals surface area contributed by atoms with E-state index < -0.39 is 0 Å². The summed E-state index contributed by atoms with van der Waals surface area (Å²) in [7, 11) is 0. The van der Waals surface area contributed by atoms with E-state index in [1.54, 1.807) is 23.8 Å². The number of hydrogen-bond acceptors (Lipinski definition) is 4. The molecule has 0 saturated carbocycles. The Kier molecular flexibility index (Phi) is 2.89. The minimum atomic E-state index is -0.191. The fourth-order valence-corrected chi connectivity index (χ4v) is 2.62. The van der Waals surface area contributed by atoms with Crippen molar-refractivity contribution >= 4 is 39.4 Å². The summed E-state index contributed by atoms with van der Waals surface area (Å²) in [6.45, 7) is 0. The van der Waals surface area contributed by atoms with Crippen molar-refractivity contribution in [1.82, 2.24) is 4.98 Å². The van der Waals surface area contributed by atoms with Crippen LogP contribution in [0.4, 0.5) is 11.4 Å². The number of nitrogens with two attached hydrogens (primary N) is 1. The third-order valence-electron chi connectivity index (χ3n) is 2.83. The van der Waals surface area contributed by atoms with Gasteiger partial charge in [0, 0.05) is 17.8 Å². The molecule has 94 valence electrons. The van der Waals surface area contributed by atoms with Crippen molar-refractivity contribution in [2.45, 2.75) is 0 Å². The predicted octanol–water partition coefficient (Wildman–Crippen LogP) is 3.13. The van der Waals surface area contributed by atoms with Crippen molar-refractivity contribution in [1.29, 1.82) is 0 Å². The highest BCUT2D eigenvalue weighted by Gasteiger charge is 2.12.